The maximum Gasteiger partial charge on any atom is 0.307 e. The summed E-state index contributed by atoms with van der Waals surface area (Å²) in [5.41, 5.74) is 2.08. The smallest absolute Gasteiger partial charge is 0.307 e. The van der Waals surface area contributed by atoms with E-state index in [2.05, 4.69) is 4.74 Å². The fourth-order valence-corrected chi connectivity index (χ4v) is 3.69. The molecule has 4 nitrogen and oxygen atoms in total. The average molecular weight is 295 g/mol. The molecule has 0 spiro atoms. The quantitative estimate of drug-likeness (QED) is 0.785. The average Bonchev–Trinajstić information content (AvgIpc) is 2.91. The number of hydrogen-bond donors (Lipinski definition) is 0. The second-order valence-corrected chi connectivity index (χ2v) is 5.93. The van der Waals surface area contributed by atoms with E-state index in [-0.39, 0.29) is 18.3 Å². The van der Waals surface area contributed by atoms with E-state index in [9.17, 15) is 9.59 Å². The van der Waals surface area contributed by atoms with Crippen molar-refractivity contribution in [1.29, 1.82) is 0 Å². The molecule has 0 fully saturated rings. The number of rotatable bonds is 5. The minimum absolute atomic E-state index is 0.0517. The van der Waals surface area contributed by atoms with Gasteiger partial charge in [-0.25, -0.2) is 0 Å². The first-order chi connectivity index (χ1) is 9.67. The lowest BCUT2D eigenvalue weighted by Crippen LogP contribution is -2.33. The number of thiophene rings is 1. The van der Waals surface area contributed by atoms with Crippen molar-refractivity contribution in [1.82, 2.24) is 4.90 Å². The highest BCUT2D eigenvalue weighted by atomic mass is 32.1. The highest BCUT2D eigenvalue weighted by molar-refractivity contribution is 7.10. The molecule has 110 valence electrons. The Morgan fingerprint density at radius 2 is 2.10 bits per heavy atom. The van der Waals surface area contributed by atoms with Gasteiger partial charge in [-0.3, -0.25) is 9.59 Å². The molecule has 5 heteroatoms. The summed E-state index contributed by atoms with van der Waals surface area (Å²) in [6.45, 7) is 2.97. The molecule has 1 heterocycles. The number of ether oxygens (including phenoxy) is 1. The molecule has 1 amide bonds. The molecule has 20 heavy (non-hydrogen) atoms. The van der Waals surface area contributed by atoms with Crippen molar-refractivity contribution in [2.45, 2.75) is 39.0 Å². The molecule has 1 aromatic rings. The maximum atomic E-state index is 12.6. The summed E-state index contributed by atoms with van der Waals surface area (Å²) < 4.78 is 4.63. The third-order valence-electron chi connectivity index (χ3n) is 3.77. The lowest BCUT2D eigenvalue weighted by Gasteiger charge is -2.21. The first-order valence-electron chi connectivity index (χ1n) is 7.12. The first-order valence-corrected chi connectivity index (χ1v) is 8.00. The minimum Gasteiger partial charge on any atom is -0.469 e. The molecule has 0 aromatic carbocycles. The first kappa shape index (κ1) is 15.0. The van der Waals surface area contributed by atoms with E-state index >= 15 is 0 Å². The minimum atomic E-state index is -0.274. The van der Waals surface area contributed by atoms with Gasteiger partial charge >= 0.3 is 5.97 Å². The number of carbonyl (C=O) groups is 2. The Labute approximate surface area is 123 Å². The van der Waals surface area contributed by atoms with Gasteiger partial charge in [0.15, 0.2) is 0 Å². The Bertz CT molecular complexity index is 495. The van der Waals surface area contributed by atoms with Crippen LogP contribution in [0.1, 0.15) is 47.0 Å². The zero-order chi connectivity index (χ0) is 14.5. The van der Waals surface area contributed by atoms with Gasteiger partial charge in [-0.2, -0.15) is 0 Å². The zero-order valence-electron chi connectivity index (χ0n) is 12.1. The van der Waals surface area contributed by atoms with Gasteiger partial charge in [0, 0.05) is 23.3 Å². The standard InChI is InChI=1S/C15H21NO3S/c1-3-16(9-8-14(17)19-2)15(18)12-10-20-13-7-5-4-6-11(12)13/h10H,3-9H2,1-2H3. The van der Waals surface area contributed by atoms with Crippen molar-refractivity contribution in [2.24, 2.45) is 0 Å². The van der Waals surface area contributed by atoms with Crippen molar-refractivity contribution in [3.63, 3.8) is 0 Å². The van der Waals surface area contributed by atoms with Crippen LogP contribution in [-0.4, -0.2) is 37.0 Å². The molecule has 2 rings (SSSR count). The van der Waals surface area contributed by atoms with Gasteiger partial charge in [0.25, 0.3) is 5.91 Å². The Kier molecular flexibility index (Phi) is 5.17. The molecule has 0 aliphatic heterocycles. The van der Waals surface area contributed by atoms with Gasteiger partial charge in [0.2, 0.25) is 0 Å². The molecule has 0 saturated carbocycles. The predicted octanol–water partition coefficient (Wildman–Crippen LogP) is 2.65. The van der Waals surface area contributed by atoms with Crippen LogP contribution >= 0.6 is 11.3 Å². The number of hydrogen-bond acceptors (Lipinski definition) is 4. The Balaban J connectivity index is 2.08. The number of aryl methyl sites for hydroxylation is 1. The molecule has 0 radical (unpaired) electrons. The van der Waals surface area contributed by atoms with E-state index in [0.717, 1.165) is 24.8 Å². The summed E-state index contributed by atoms with van der Waals surface area (Å²) in [5.74, 6) is -0.223. The summed E-state index contributed by atoms with van der Waals surface area (Å²) >= 11 is 1.70. The highest BCUT2D eigenvalue weighted by Gasteiger charge is 2.23. The van der Waals surface area contributed by atoms with Crippen LogP contribution in [0.25, 0.3) is 0 Å². The van der Waals surface area contributed by atoms with Crippen molar-refractivity contribution in [3.05, 3.63) is 21.4 Å². The van der Waals surface area contributed by atoms with Crippen molar-refractivity contribution < 1.29 is 14.3 Å². The molecule has 0 saturated heterocycles. The molecule has 0 atom stereocenters. The fourth-order valence-electron chi connectivity index (χ4n) is 2.58. The highest BCUT2D eigenvalue weighted by Crippen LogP contribution is 2.30. The van der Waals surface area contributed by atoms with Crippen LogP contribution < -0.4 is 0 Å². The SMILES string of the molecule is CCN(CCC(=O)OC)C(=O)c1csc2c1CCCC2. The van der Waals surface area contributed by atoms with Crippen LogP contribution in [0.3, 0.4) is 0 Å². The van der Waals surface area contributed by atoms with Gasteiger partial charge in [0.1, 0.15) is 0 Å². The van der Waals surface area contributed by atoms with E-state index in [1.54, 1.807) is 16.2 Å². The van der Waals surface area contributed by atoms with Crippen LogP contribution in [0.15, 0.2) is 5.38 Å². The molecular formula is C15H21NO3S. The van der Waals surface area contributed by atoms with Gasteiger partial charge in [0.05, 0.1) is 19.1 Å². The Hall–Kier alpha value is -1.36. The number of carbonyl (C=O) groups excluding carboxylic acids is 2. The van der Waals surface area contributed by atoms with E-state index in [1.807, 2.05) is 12.3 Å². The monoisotopic (exact) mass is 295 g/mol. The number of esters is 1. The largest absolute Gasteiger partial charge is 0.469 e. The maximum absolute atomic E-state index is 12.6. The van der Waals surface area contributed by atoms with E-state index in [4.69, 9.17) is 0 Å². The number of fused-ring (bicyclic) bond motifs is 1. The van der Waals surface area contributed by atoms with Gasteiger partial charge in [-0.15, -0.1) is 11.3 Å². The molecule has 0 bridgehead atoms. The summed E-state index contributed by atoms with van der Waals surface area (Å²) in [5, 5.41) is 1.99. The molecule has 1 aliphatic rings. The number of methoxy groups -OCH3 is 1. The normalized spacial score (nSPS) is 13.7. The van der Waals surface area contributed by atoms with Gasteiger partial charge in [-0.1, -0.05) is 0 Å². The van der Waals surface area contributed by atoms with Crippen molar-refractivity contribution in [2.75, 3.05) is 20.2 Å². The van der Waals surface area contributed by atoms with E-state index in [1.165, 1.54) is 24.0 Å². The molecule has 0 unspecified atom stereocenters. The fraction of sp³-hybridized carbons (Fsp3) is 0.600. The topological polar surface area (TPSA) is 46.6 Å². The Morgan fingerprint density at radius 3 is 2.80 bits per heavy atom. The Morgan fingerprint density at radius 1 is 1.35 bits per heavy atom. The van der Waals surface area contributed by atoms with Gasteiger partial charge < -0.3 is 9.64 Å². The summed E-state index contributed by atoms with van der Waals surface area (Å²) in [6.07, 6.45) is 4.75. The van der Waals surface area contributed by atoms with Crippen LogP contribution in [0, 0.1) is 0 Å². The number of amides is 1. The van der Waals surface area contributed by atoms with Crippen molar-refractivity contribution >= 4 is 23.2 Å². The third kappa shape index (κ3) is 3.20. The van der Waals surface area contributed by atoms with Crippen molar-refractivity contribution in [3.8, 4) is 0 Å². The summed E-state index contributed by atoms with van der Waals surface area (Å²) in [4.78, 5) is 26.9. The molecule has 1 aliphatic carbocycles. The summed E-state index contributed by atoms with van der Waals surface area (Å²) in [7, 11) is 1.37. The second-order valence-electron chi connectivity index (χ2n) is 4.97. The van der Waals surface area contributed by atoms with Crippen LogP contribution in [0.4, 0.5) is 0 Å². The summed E-state index contributed by atoms with van der Waals surface area (Å²) in [6, 6.07) is 0. The van der Waals surface area contributed by atoms with Gasteiger partial charge in [-0.05, 0) is 38.2 Å². The number of nitrogens with zero attached hydrogens (tertiary/aromatic N) is 1. The second kappa shape index (κ2) is 6.88. The molecule has 0 N–H and O–H groups in total. The molecule has 1 aromatic heterocycles. The predicted molar refractivity (Wildman–Crippen MR) is 79.2 cm³/mol. The molecular weight excluding hydrogens is 274 g/mol. The van der Waals surface area contributed by atoms with E-state index in [0.29, 0.717) is 13.1 Å². The van der Waals surface area contributed by atoms with Crippen LogP contribution in [0.5, 0.6) is 0 Å². The zero-order valence-corrected chi connectivity index (χ0v) is 12.9. The van der Waals surface area contributed by atoms with Crippen LogP contribution in [0.2, 0.25) is 0 Å². The van der Waals surface area contributed by atoms with E-state index < -0.39 is 0 Å². The third-order valence-corrected chi connectivity index (χ3v) is 4.86. The lowest BCUT2D eigenvalue weighted by atomic mass is 9.95. The van der Waals surface area contributed by atoms with Crippen LogP contribution in [-0.2, 0) is 22.4 Å². The lowest BCUT2D eigenvalue weighted by molar-refractivity contribution is -0.140.